The first-order valence-electron chi connectivity index (χ1n) is 6.07. The van der Waals surface area contributed by atoms with Crippen LogP contribution in [0, 0.1) is 0 Å². The molecule has 0 aliphatic carbocycles. The van der Waals surface area contributed by atoms with Crippen LogP contribution in [0.3, 0.4) is 0 Å². The van der Waals surface area contributed by atoms with Crippen molar-refractivity contribution in [3.63, 3.8) is 0 Å². The zero-order valence-electron chi connectivity index (χ0n) is 10.5. The number of hydrogen-bond donors (Lipinski definition) is 2. The smallest absolute Gasteiger partial charge is 0.316 e. The van der Waals surface area contributed by atoms with Crippen molar-refractivity contribution in [3.05, 3.63) is 30.5 Å². The molecule has 1 aliphatic heterocycles. The summed E-state index contributed by atoms with van der Waals surface area (Å²) in [5.41, 5.74) is 7.75. The molecule has 2 amide bonds. The van der Waals surface area contributed by atoms with Crippen LogP contribution in [0.5, 0.6) is 0 Å². The summed E-state index contributed by atoms with van der Waals surface area (Å²) in [4.78, 5) is 24.7. The number of nitrogens with two attached hydrogens (primary N) is 1. The second kappa shape index (κ2) is 4.69. The first-order valence-corrected chi connectivity index (χ1v) is 6.07. The van der Waals surface area contributed by atoms with Crippen LogP contribution in [0.2, 0.25) is 0 Å². The molecule has 3 N–H and O–H groups in total. The maximum atomic E-state index is 11.8. The highest BCUT2D eigenvalue weighted by atomic mass is 16.5. The maximum Gasteiger partial charge on any atom is 0.316 e. The van der Waals surface area contributed by atoms with Crippen molar-refractivity contribution >= 4 is 23.4 Å². The molecule has 7 heteroatoms. The number of benzene rings is 1. The Morgan fingerprint density at radius 3 is 2.95 bits per heavy atom. The Morgan fingerprint density at radius 1 is 1.35 bits per heavy atom. The molecule has 0 radical (unpaired) electrons. The average molecular weight is 272 g/mol. The van der Waals surface area contributed by atoms with E-state index in [9.17, 15) is 9.59 Å². The molecule has 0 spiro atoms. The number of nitrogens with one attached hydrogen (secondary N) is 1. The van der Waals surface area contributed by atoms with E-state index in [0.717, 1.165) is 5.56 Å². The second-order valence-corrected chi connectivity index (χ2v) is 4.37. The predicted molar refractivity (Wildman–Crippen MR) is 71.7 cm³/mol. The third-order valence-corrected chi connectivity index (χ3v) is 3.13. The molecule has 0 bridgehead atoms. The number of piperazine rings is 1. The van der Waals surface area contributed by atoms with Gasteiger partial charge in [-0.1, -0.05) is 17.3 Å². The van der Waals surface area contributed by atoms with Crippen LogP contribution in [-0.4, -0.2) is 30.1 Å². The fourth-order valence-corrected chi connectivity index (χ4v) is 2.13. The van der Waals surface area contributed by atoms with Crippen molar-refractivity contribution in [2.45, 2.75) is 0 Å². The number of nitrogens with zero attached hydrogens (tertiary/aromatic N) is 2. The van der Waals surface area contributed by atoms with E-state index in [4.69, 9.17) is 10.3 Å². The SMILES string of the molecule is Nc1oncc1-c1cccc(N2CCNC(=O)C2=O)c1. The van der Waals surface area contributed by atoms with E-state index in [1.54, 1.807) is 18.2 Å². The van der Waals surface area contributed by atoms with E-state index in [1.807, 2.05) is 6.07 Å². The fraction of sp³-hybridized carbons (Fsp3) is 0.154. The number of carbonyl (C=O) groups excluding carboxylic acids is 2. The van der Waals surface area contributed by atoms with Gasteiger partial charge in [0.15, 0.2) is 0 Å². The summed E-state index contributed by atoms with van der Waals surface area (Å²) in [6.07, 6.45) is 1.51. The molecule has 1 saturated heterocycles. The largest absolute Gasteiger partial charge is 0.367 e. The number of amides is 2. The molecule has 1 fully saturated rings. The van der Waals surface area contributed by atoms with Gasteiger partial charge in [-0.3, -0.25) is 9.59 Å². The van der Waals surface area contributed by atoms with E-state index in [1.165, 1.54) is 11.1 Å². The Balaban J connectivity index is 1.97. The Kier molecular flexibility index (Phi) is 2.86. The average Bonchev–Trinajstić information content (AvgIpc) is 2.88. The first-order chi connectivity index (χ1) is 9.66. The summed E-state index contributed by atoms with van der Waals surface area (Å²) in [5.74, 6) is -0.942. The molecule has 0 atom stereocenters. The highest BCUT2D eigenvalue weighted by molar-refractivity contribution is 6.41. The van der Waals surface area contributed by atoms with Gasteiger partial charge in [0.25, 0.3) is 0 Å². The van der Waals surface area contributed by atoms with E-state index < -0.39 is 11.8 Å². The van der Waals surface area contributed by atoms with E-state index >= 15 is 0 Å². The Bertz CT molecular complexity index is 680. The van der Waals surface area contributed by atoms with E-state index in [-0.39, 0.29) is 5.88 Å². The summed E-state index contributed by atoms with van der Waals surface area (Å²) in [7, 11) is 0. The third kappa shape index (κ3) is 1.99. The number of hydrogen-bond acceptors (Lipinski definition) is 5. The van der Waals surface area contributed by atoms with Crippen molar-refractivity contribution in [2.24, 2.45) is 0 Å². The van der Waals surface area contributed by atoms with Gasteiger partial charge in [-0.25, -0.2) is 0 Å². The minimum absolute atomic E-state index is 0.213. The quantitative estimate of drug-likeness (QED) is 0.770. The molecule has 3 rings (SSSR count). The molecule has 2 heterocycles. The third-order valence-electron chi connectivity index (χ3n) is 3.13. The van der Waals surface area contributed by atoms with Crippen LogP contribution in [-0.2, 0) is 9.59 Å². The van der Waals surface area contributed by atoms with Crippen LogP contribution in [0.25, 0.3) is 11.1 Å². The Morgan fingerprint density at radius 2 is 2.20 bits per heavy atom. The van der Waals surface area contributed by atoms with E-state index in [2.05, 4.69) is 10.5 Å². The number of anilines is 2. The molecular weight excluding hydrogens is 260 g/mol. The van der Waals surface area contributed by atoms with Crippen molar-refractivity contribution in [3.8, 4) is 11.1 Å². The van der Waals surface area contributed by atoms with Crippen molar-refractivity contribution in [1.29, 1.82) is 0 Å². The van der Waals surface area contributed by atoms with Crippen molar-refractivity contribution in [1.82, 2.24) is 10.5 Å². The highest BCUT2D eigenvalue weighted by Crippen LogP contribution is 2.29. The lowest BCUT2D eigenvalue weighted by atomic mass is 10.1. The zero-order valence-corrected chi connectivity index (χ0v) is 10.5. The lowest BCUT2D eigenvalue weighted by Gasteiger charge is -2.26. The monoisotopic (exact) mass is 272 g/mol. The molecule has 0 unspecified atom stereocenters. The van der Waals surface area contributed by atoms with Gasteiger partial charge in [0.1, 0.15) is 0 Å². The van der Waals surface area contributed by atoms with Gasteiger partial charge >= 0.3 is 11.8 Å². The minimum Gasteiger partial charge on any atom is -0.367 e. The van der Waals surface area contributed by atoms with Crippen LogP contribution in [0.15, 0.2) is 35.0 Å². The lowest BCUT2D eigenvalue weighted by molar-refractivity contribution is -0.138. The summed E-state index contributed by atoms with van der Waals surface area (Å²) in [6.45, 7) is 0.872. The standard InChI is InChI=1S/C13H12N4O3/c14-11-10(7-16-20-11)8-2-1-3-9(6-8)17-5-4-15-12(18)13(17)19/h1-3,6-7H,4-5,14H2,(H,15,18). The summed E-state index contributed by atoms with van der Waals surface area (Å²) >= 11 is 0. The molecule has 0 saturated carbocycles. The first kappa shape index (κ1) is 12.2. The van der Waals surface area contributed by atoms with Crippen molar-refractivity contribution < 1.29 is 14.1 Å². The topological polar surface area (TPSA) is 101 Å². The normalized spacial score (nSPS) is 15.3. The lowest BCUT2D eigenvalue weighted by Crippen LogP contribution is -2.52. The molecular formula is C13H12N4O3. The van der Waals surface area contributed by atoms with Crippen LogP contribution in [0.1, 0.15) is 0 Å². The van der Waals surface area contributed by atoms with Gasteiger partial charge < -0.3 is 20.5 Å². The van der Waals surface area contributed by atoms with Gasteiger partial charge in [-0.2, -0.15) is 0 Å². The van der Waals surface area contributed by atoms with Gasteiger partial charge in [0.05, 0.1) is 11.8 Å². The Hall–Kier alpha value is -2.83. The van der Waals surface area contributed by atoms with Gasteiger partial charge in [-0.05, 0) is 17.7 Å². The van der Waals surface area contributed by atoms with Crippen LogP contribution >= 0.6 is 0 Å². The minimum atomic E-state index is -0.592. The number of aromatic nitrogens is 1. The van der Waals surface area contributed by atoms with Crippen molar-refractivity contribution in [2.75, 3.05) is 23.7 Å². The van der Waals surface area contributed by atoms with Crippen LogP contribution < -0.4 is 16.0 Å². The molecule has 1 aromatic heterocycles. The molecule has 7 nitrogen and oxygen atoms in total. The number of rotatable bonds is 2. The fourth-order valence-electron chi connectivity index (χ4n) is 2.13. The molecule has 20 heavy (non-hydrogen) atoms. The number of nitrogen functional groups attached to an aromatic ring is 1. The maximum absolute atomic E-state index is 11.8. The van der Waals surface area contributed by atoms with Gasteiger partial charge in [0, 0.05) is 18.8 Å². The summed E-state index contributed by atoms with van der Waals surface area (Å²) in [5, 5.41) is 6.13. The summed E-state index contributed by atoms with van der Waals surface area (Å²) in [6, 6.07) is 7.17. The molecule has 2 aromatic rings. The van der Waals surface area contributed by atoms with Gasteiger partial charge in [0.2, 0.25) is 5.88 Å². The molecule has 1 aromatic carbocycles. The summed E-state index contributed by atoms with van der Waals surface area (Å²) < 4.78 is 4.83. The highest BCUT2D eigenvalue weighted by Gasteiger charge is 2.27. The zero-order chi connectivity index (χ0) is 14.1. The molecule has 1 aliphatic rings. The van der Waals surface area contributed by atoms with Crippen LogP contribution in [0.4, 0.5) is 11.6 Å². The van der Waals surface area contributed by atoms with E-state index in [0.29, 0.717) is 24.3 Å². The Labute approximate surface area is 114 Å². The predicted octanol–water partition coefficient (Wildman–Crippen LogP) is 0.387. The number of carbonyl (C=O) groups is 2. The van der Waals surface area contributed by atoms with Gasteiger partial charge in [-0.15, -0.1) is 0 Å². The second-order valence-electron chi connectivity index (χ2n) is 4.37. The molecule has 102 valence electrons.